The Morgan fingerprint density at radius 1 is 1.28 bits per heavy atom. The number of ether oxygens (including phenoxy) is 2. The Balaban J connectivity index is 1.89. The van der Waals surface area contributed by atoms with E-state index in [4.69, 9.17) is 9.47 Å². The lowest BCUT2D eigenvalue weighted by atomic mass is 10.1. The summed E-state index contributed by atoms with van der Waals surface area (Å²) in [7, 11) is 1.55. The van der Waals surface area contributed by atoms with Gasteiger partial charge >= 0.3 is 6.18 Å². The van der Waals surface area contributed by atoms with Crippen molar-refractivity contribution in [3.8, 4) is 5.75 Å². The van der Waals surface area contributed by atoms with E-state index in [9.17, 15) is 13.2 Å². The molecule has 0 N–H and O–H groups in total. The standard InChI is InChI=1S/C17H20F3N3O2/c1-24-13-7-3-2-6-12(13)10-15-21-16(14-8-4-5-9-25-14)23(22-15)11-17(18,19)20/h2-3,6-7,14H,4-5,8-11H2,1H3/t14-/m0/s1. The van der Waals surface area contributed by atoms with E-state index >= 15 is 0 Å². The smallest absolute Gasteiger partial charge is 0.408 e. The predicted octanol–water partition coefficient (Wildman–Crippen LogP) is 3.68. The molecule has 0 saturated carbocycles. The van der Waals surface area contributed by atoms with Crippen LogP contribution in [0.1, 0.15) is 42.6 Å². The Morgan fingerprint density at radius 2 is 2.08 bits per heavy atom. The first-order valence-electron chi connectivity index (χ1n) is 8.20. The van der Waals surface area contributed by atoms with Gasteiger partial charge in [-0.25, -0.2) is 9.67 Å². The molecular formula is C17H20F3N3O2. The van der Waals surface area contributed by atoms with Crippen molar-refractivity contribution in [3.63, 3.8) is 0 Å². The summed E-state index contributed by atoms with van der Waals surface area (Å²) in [5.41, 5.74) is 0.824. The van der Waals surface area contributed by atoms with Crippen LogP contribution < -0.4 is 4.74 Å². The molecule has 1 aromatic heterocycles. The third-order valence-corrected chi connectivity index (χ3v) is 4.08. The third-order valence-electron chi connectivity index (χ3n) is 4.08. The van der Waals surface area contributed by atoms with Crippen LogP contribution in [-0.2, 0) is 17.7 Å². The molecule has 1 atom stereocenters. The van der Waals surface area contributed by atoms with Gasteiger partial charge in [0.05, 0.1) is 7.11 Å². The first-order chi connectivity index (χ1) is 12.0. The van der Waals surface area contributed by atoms with Gasteiger partial charge in [-0.1, -0.05) is 18.2 Å². The number of nitrogens with zero attached hydrogens (tertiary/aromatic N) is 3. The van der Waals surface area contributed by atoms with Crippen molar-refractivity contribution in [1.82, 2.24) is 14.8 Å². The van der Waals surface area contributed by atoms with Crippen LogP contribution in [0.25, 0.3) is 0 Å². The van der Waals surface area contributed by atoms with E-state index in [0.29, 0.717) is 31.0 Å². The summed E-state index contributed by atoms with van der Waals surface area (Å²) in [5, 5.41) is 4.09. The summed E-state index contributed by atoms with van der Waals surface area (Å²) in [6, 6.07) is 7.32. The van der Waals surface area contributed by atoms with Crippen molar-refractivity contribution in [1.29, 1.82) is 0 Å². The second-order valence-electron chi connectivity index (χ2n) is 6.00. The number of para-hydroxylation sites is 1. The average Bonchev–Trinajstić information content (AvgIpc) is 2.96. The molecule has 2 heterocycles. The number of methoxy groups -OCH3 is 1. The fourth-order valence-corrected chi connectivity index (χ4v) is 2.97. The van der Waals surface area contributed by atoms with Crippen molar-refractivity contribution in [3.05, 3.63) is 41.5 Å². The minimum atomic E-state index is -4.36. The van der Waals surface area contributed by atoms with Gasteiger partial charge in [0.2, 0.25) is 0 Å². The van der Waals surface area contributed by atoms with Crippen molar-refractivity contribution in [2.45, 2.75) is 44.5 Å². The largest absolute Gasteiger partial charge is 0.496 e. The number of halogens is 3. The molecule has 0 radical (unpaired) electrons. The number of hydrogen-bond donors (Lipinski definition) is 0. The fourth-order valence-electron chi connectivity index (χ4n) is 2.97. The second-order valence-corrected chi connectivity index (χ2v) is 6.00. The highest BCUT2D eigenvalue weighted by Gasteiger charge is 2.33. The van der Waals surface area contributed by atoms with Gasteiger partial charge in [-0.2, -0.15) is 18.3 Å². The summed E-state index contributed by atoms with van der Waals surface area (Å²) >= 11 is 0. The van der Waals surface area contributed by atoms with Crippen LogP contribution in [0.3, 0.4) is 0 Å². The minimum absolute atomic E-state index is 0.252. The Bertz CT molecular complexity index is 709. The number of rotatable bonds is 5. The fraction of sp³-hybridized carbons (Fsp3) is 0.529. The molecule has 1 aliphatic rings. The Morgan fingerprint density at radius 3 is 2.76 bits per heavy atom. The van der Waals surface area contributed by atoms with Gasteiger partial charge in [-0.05, 0) is 25.3 Å². The van der Waals surface area contributed by atoms with Crippen LogP contribution in [0, 0.1) is 0 Å². The highest BCUT2D eigenvalue weighted by molar-refractivity contribution is 5.35. The lowest BCUT2D eigenvalue weighted by Gasteiger charge is -2.22. The lowest BCUT2D eigenvalue weighted by molar-refractivity contribution is -0.144. The zero-order valence-electron chi connectivity index (χ0n) is 13.9. The van der Waals surface area contributed by atoms with Crippen molar-refractivity contribution < 1.29 is 22.6 Å². The van der Waals surface area contributed by atoms with Gasteiger partial charge < -0.3 is 9.47 Å². The maximum Gasteiger partial charge on any atom is 0.408 e. The summed E-state index contributed by atoms with van der Waals surface area (Å²) < 4.78 is 50.5. The molecule has 0 unspecified atom stereocenters. The molecule has 136 valence electrons. The van der Waals surface area contributed by atoms with Gasteiger partial charge in [0.25, 0.3) is 0 Å². The first-order valence-corrected chi connectivity index (χ1v) is 8.20. The molecule has 1 fully saturated rings. The minimum Gasteiger partial charge on any atom is -0.496 e. The van der Waals surface area contributed by atoms with Crippen molar-refractivity contribution in [2.24, 2.45) is 0 Å². The molecular weight excluding hydrogens is 335 g/mol. The van der Waals surface area contributed by atoms with Gasteiger partial charge in [0.15, 0.2) is 11.6 Å². The molecule has 0 spiro atoms. The summed E-state index contributed by atoms with van der Waals surface area (Å²) in [6.07, 6.45) is -2.02. The van der Waals surface area contributed by atoms with Gasteiger partial charge in [-0.15, -0.1) is 0 Å². The molecule has 8 heteroatoms. The SMILES string of the molecule is COc1ccccc1Cc1nc([C@@H]2CCCCO2)n(CC(F)(F)F)n1. The molecule has 5 nitrogen and oxygen atoms in total. The van der Waals surface area contributed by atoms with E-state index in [-0.39, 0.29) is 5.82 Å². The first kappa shape index (κ1) is 17.7. The van der Waals surface area contributed by atoms with E-state index in [1.807, 2.05) is 18.2 Å². The molecule has 1 aliphatic heterocycles. The normalized spacial score (nSPS) is 18.3. The zero-order chi connectivity index (χ0) is 17.9. The quantitative estimate of drug-likeness (QED) is 0.821. The van der Waals surface area contributed by atoms with Crippen LogP contribution in [0.5, 0.6) is 5.75 Å². The molecule has 0 aliphatic carbocycles. The molecule has 25 heavy (non-hydrogen) atoms. The van der Waals surface area contributed by atoms with Crippen molar-refractivity contribution in [2.75, 3.05) is 13.7 Å². The van der Waals surface area contributed by atoms with Gasteiger partial charge in [0.1, 0.15) is 18.4 Å². The predicted molar refractivity (Wildman–Crippen MR) is 84.4 cm³/mol. The number of alkyl halides is 3. The number of aromatic nitrogens is 3. The Hall–Kier alpha value is -2.09. The van der Waals surface area contributed by atoms with Crippen molar-refractivity contribution >= 4 is 0 Å². The summed E-state index contributed by atoms with van der Waals surface area (Å²) in [6.45, 7) is -0.632. The molecule has 0 bridgehead atoms. The van der Waals surface area contributed by atoms with Crippen LogP contribution in [0.4, 0.5) is 13.2 Å². The van der Waals surface area contributed by atoms with Gasteiger partial charge in [-0.3, -0.25) is 0 Å². The Labute approximate surface area is 143 Å². The highest BCUT2D eigenvalue weighted by atomic mass is 19.4. The number of benzene rings is 1. The highest BCUT2D eigenvalue weighted by Crippen LogP contribution is 2.29. The van der Waals surface area contributed by atoms with Crippen LogP contribution in [-0.4, -0.2) is 34.7 Å². The monoisotopic (exact) mass is 355 g/mol. The van der Waals surface area contributed by atoms with Crippen LogP contribution >= 0.6 is 0 Å². The maximum atomic E-state index is 12.9. The molecule has 2 aromatic rings. The van der Waals surface area contributed by atoms with Gasteiger partial charge in [0, 0.05) is 18.6 Å². The molecule has 0 amide bonds. The topological polar surface area (TPSA) is 49.2 Å². The van der Waals surface area contributed by atoms with E-state index in [1.54, 1.807) is 13.2 Å². The average molecular weight is 355 g/mol. The zero-order valence-corrected chi connectivity index (χ0v) is 13.9. The number of hydrogen-bond acceptors (Lipinski definition) is 4. The molecule has 3 rings (SSSR count). The Kier molecular flexibility index (Phi) is 5.27. The van der Waals surface area contributed by atoms with Crippen LogP contribution in [0.15, 0.2) is 24.3 Å². The van der Waals surface area contributed by atoms with E-state index in [2.05, 4.69) is 10.1 Å². The maximum absolute atomic E-state index is 12.9. The van der Waals surface area contributed by atoms with Crippen LogP contribution in [0.2, 0.25) is 0 Å². The van der Waals surface area contributed by atoms with E-state index < -0.39 is 18.8 Å². The lowest BCUT2D eigenvalue weighted by Crippen LogP contribution is -2.24. The second kappa shape index (κ2) is 7.43. The summed E-state index contributed by atoms with van der Waals surface area (Å²) in [4.78, 5) is 4.36. The third kappa shape index (κ3) is 4.50. The van der Waals surface area contributed by atoms with E-state index in [0.717, 1.165) is 23.1 Å². The summed E-state index contributed by atoms with van der Waals surface area (Å²) in [5.74, 6) is 1.24. The molecule has 1 aromatic carbocycles. The van der Waals surface area contributed by atoms with E-state index in [1.165, 1.54) is 0 Å². The molecule has 1 saturated heterocycles.